The van der Waals surface area contributed by atoms with Gasteiger partial charge in [0.1, 0.15) is 0 Å². The molecule has 0 bridgehead atoms. The van der Waals surface area contributed by atoms with Crippen LogP contribution in [-0.4, -0.2) is 33.7 Å². The molecule has 2 amide bonds. The van der Waals surface area contributed by atoms with Crippen molar-refractivity contribution in [2.24, 2.45) is 0 Å². The molecular formula is C54H86Br2N2O2S2. The fourth-order valence-electron chi connectivity index (χ4n) is 9.91. The van der Waals surface area contributed by atoms with E-state index in [-0.39, 0.29) is 23.9 Å². The van der Waals surface area contributed by atoms with E-state index in [1.807, 2.05) is 0 Å². The van der Waals surface area contributed by atoms with Crippen LogP contribution in [0.4, 0.5) is 0 Å². The van der Waals surface area contributed by atoms with Gasteiger partial charge in [-0.05, 0) is 81.8 Å². The second-order valence-electron chi connectivity index (χ2n) is 18.7. The highest BCUT2D eigenvalue weighted by molar-refractivity contribution is 9.11. The van der Waals surface area contributed by atoms with E-state index >= 15 is 9.59 Å². The lowest BCUT2D eigenvalue weighted by atomic mass is 9.97. The Balaban J connectivity index is 1.67. The summed E-state index contributed by atoms with van der Waals surface area (Å²) in [6.45, 7) is 9.14. The van der Waals surface area contributed by atoms with Crippen LogP contribution in [0.25, 0.3) is 11.4 Å². The molecule has 350 valence electrons. The van der Waals surface area contributed by atoms with Gasteiger partial charge in [0.15, 0.2) is 0 Å². The molecule has 2 atom stereocenters. The van der Waals surface area contributed by atoms with Crippen LogP contribution in [0.3, 0.4) is 0 Å². The lowest BCUT2D eigenvalue weighted by molar-refractivity contribution is -0.125. The van der Waals surface area contributed by atoms with E-state index < -0.39 is 0 Å². The molecular weight excluding hydrogens is 933 g/mol. The Hall–Kier alpha value is -1.22. The summed E-state index contributed by atoms with van der Waals surface area (Å²) >= 11 is 10.9. The van der Waals surface area contributed by atoms with E-state index in [9.17, 15) is 0 Å². The van der Waals surface area contributed by atoms with Gasteiger partial charge in [0.25, 0.3) is 11.8 Å². The molecule has 0 N–H and O–H groups in total. The summed E-state index contributed by atoms with van der Waals surface area (Å²) < 4.78 is 2.07. The fraction of sp³-hybridized carbons (Fsp3) is 0.741. The number of halogens is 2. The molecule has 0 spiro atoms. The van der Waals surface area contributed by atoms with Crippen molar-refractivity contribution in [1.29, 1.82) is 0 Å². The molecule has 0 saturated heterocycles. The smallest absolute Gasteiger partial charge is 0.261 e. The molecule has 0 radical (unpaired) electrons. The maximum absolute atomic E-state index is 15.6. The first-order chi connectivity index (χ1) is 30.4. The number of nitrogens with zero attached hydrogens (tertiary/aromatic N) is 2. The molecule has 0 saturated carbocycles. The minimum atomic E-state index is 0.0585. The SMILES string of the molecule is CCCCCCCCCCCC(CCCCCCCC)N1C(=O)C2=C(c3ccc(Br)s3)N(C(CCCCCCCC)CCCCCCCCCCC)C(=O)C2=C1c1ccc(Br)s1. The first kappa shape index (κ1) is 53.4. The molecule has 2 unspecified atom stereocenters. The summed E-state index contributed by atoms with van der Waals surface area (Å²) in [6.07, 6.45) is 42.0. The zero-order valence-corrected chi connectivity index (χ0v) is 44.6. The van der Waals surface area contributed by atoms with Crippen molar-refractivity contribution in [2.75, 3.05) is 0 Å². The first-order valence-electron chi connectivity index (χ1n) is 26.0. The quantitative estimate of drug-likeness (QED) is 0.0629. The number of carbonyl (C=O) groups is 2. The molecule has 4 heterocycles. The zero-order valence-electron chi connectivity index (χ0n) is 39.8. The van der Waals surface area contributed by atoms with Crippen molar-refractivity contribution in [3.63, 3.8) is 0 Å². The lowest BCUT2D eigenvalue weighted by Gasteiger charge is -2.34. The third-order valence-electron chi connectivity index (χ3n) is 13.5. The van der Waals surface area contributed by atoms with Crippen LogP contribution < -0.4 is 0 Å². The van der Waals surface area contributed by atoms with Gasteiger partial charge in [0.05, 0.1) is 39.9 Å². The van der Waals surface area contributed by atoms with Crippen molar-refractivity contribution in [1.82, 2.24) is 9.80 Å². The predicted molar refractivity (Wildman–Crippen MR) is 279 cm³/mol. The number of hydrogen-bond donors (Lipinski definition) is 0. The largest absolute Gasteiger partial charge is 0.303 e. The van der Waals surface area contributed by atoms with E-state index in [1.54, 1.807) is 22.7 Å². The van der Waals surface area contributed by atoms with Crippen molar-refractivity contribution in [3.8, 4) is 0 Å². The molecule has 4 rings (SSSR count). The second-order valence-corrected chi connectivity index (χ2v) is 23.6. The molecule has 2 aromatic rings. The highest BCUT2D eigenvalue weighted by Gasteiger charge is 2.52. The maximum Gasteiger partial charge on any atom is 0.261 e. The minimum Gasteiger partial charge on any atom is -0.303 e. The molecule has 4 nitrogen and oxygen atoms in total. The first-order valence-corrected chi connectivity index (χ1v) is 29.3. The number of fused-ring (bicyclic) bond motifs is 1. The van der Waals surface area contributed by atoms with Gasteiger partial charge in [-0.15, -0.1) is 22.7 Å². The van der Waals surface area contributed by atoms with Gasteiger partial charge in [0, 0.05) is 12.1 Å². The summed E-state index contributed by atoms with van der Waals surface area (Å²) in [5.41, 5.74) is 3.11. The number of rotatable bonds is 38. The molecule has 2 aliphatic rings. The summed E-state index contributed by atoms with van der Waals surface area (Å²) in [7, 11) is 0. The van der Waals surface area contributed by atoms with Gasteiger partial charge >= 0.3 is 0 Å². The Labute approximate surface area is 405 Å². The topological polar surface area (TPSA) is 40.6 Å². The highest BCUT2D eigenvalue weighted by Crippen LogP contribution is 2.52. The van der Waals surface area contributed by atoms with Crippen LogP contribution in [0.1, 0.15) is 256 Å². The van der Waals surface area contributed by atoms with Crippen LogP contribution in [0.15, 0.2) is 43.0 Å². The Morgan fingerprint density at radius 2 is 0.629 bits per heavy atom. The third kappa shape index (κ3) is 17.2. The van der Waals surface area contributed by atoms with Crippen molar-refractivity contribution < 1.29 is 9.59 Å². The molecule has 62 heavy (non-hydrogen) atoms. The Morgan fingerprint density at radius 1 is 0.387 bits per heavy atom. The van der Waals surface area contributed by atoms with Gasteiger partial charge in [-0.1, -0.05) is 220 Å². The molecule has 2 aliphatic heterocycles. The normalized spacial score (nSPS) is 15.3. The van der Waals surface area contributed by atoms with Crippen molar-refractivity contribution in [2.45, 2.75) is 258 Å². The summed E-state index contributed by atoms with van der Waals surface area (Å²) in [6, 6.07) is 8.65. The van der Waals surface area contributed by atoms with Crippen LogP contribution in [0.5, 0.6) is 0 Å². The highest BCUT2D eigenvalue weighted by atomic mass is 79.9. The van der Waals surface area contributed by atoms with E-state index in [0.717, 1.165) is 80.1 Å². The molecule has 8 heteroatoms. The molecule has 0 fully saturated rings. The zero-order chi connectivity index (χ0) is 44.4. The average Bonchev–Trinajstić information content (AvgIpc) is 4.04. The van der Waals surface area contributed by atoms with E-state index in [1.165, 1.54) is 167 Å². The average molecular weight is 1020 g/mol. The summed E-state index contributed by atoms with van der Waals surface area (Å²) in [4.78, 5) is 37.5. The van der Waals surface area contributed by atoms with Crippen molar-refractivity contribution >= 4 is 77.7 Å². The molecule has 0 aliphatic carbocycles. The van der Waals surface area contributed by atoms with Crippen molar-refractivity contribution in [3.05, 3.63) is 52.7 Å². The lowest BCUT2D eigenvalue weighted by Crippen LogP contribution is -2.39. The van der Waals surface area contributed by atoms with E-state index in [2.05, 4.69) is 93.6 Å². The molecule has 2 aromatic heterocycles. The standard InChI is InChI=1S/C54H86Br2N2O2S2/c1-5-9-13-17-21-23-25-29-33-37-43(35-31-27-19-15-11-7-3)57-51(45-39-41-47(55)61-45)49-50(53(57)59)52(46-40-42-48(56)62-46)58(54(49)60)44(36-32-28-20-16-12-8-4)38-34-30-26-24-22-18-14-10-6-2/h39-44H,5-38H2,1-4H3. The number of carbonyl (C=O) groups excluding carboxylic acids is 2. The minimum absolute atomic E-state index is 0.0585. The number of amides is 2. The summed E-state index contributed by atoms with van der Waals surface area (Å²) in [5.74, 6) is 0.117. The Kier molecular flexibility index (Phi) is 27.3. The van der Waals surface area contributed by atoms with Gasteiger partial charge in [-0.3, -0.25) is 9.59 Å². The summed E-state index contributed by atoms with van der Waals surface area (Å²) in [5, 5.41) is 0. The monoisotopic (exact) mass is 1020 g/mol. The number of unbranched alkanes of at least 4 members (excludes halogenated alkanes) is 26. The number of hydrogen-bond acceptors (Lipinski definition) is 4. The van der Waals surface area contributed by atoms with E-state index in [4.69, 9.17) is 0 Å². The van der Waals surface area contributed by atoms with Crippen LogP contribution >= 0.6 is 54.5 Å². The Morgan fingerprint density at radius 3 is 0.855 bits per heavy atom. The predicted octanol–water partition coefficient (Wildman–Crippen LogP) is 19.2. The second kappa shape index (κ2) is 31.7. The third-order valence-corrected chi connectivity index (χ3v) is 16.7. The van der Waals surface area contributed by atoms with E-state index in [0.29, 0.717) is 11.1 Å². The fourth-order valence-corrected chi connectivity index (χ4v) is 12.8. The molecule has 0 aromatic carbocycles. The van der Waals surface area contributed by atoms with Gasteiger partial charge < -0.3 is 9.80 Å². The van der Waals surface area contributed by atoms with Crippen LogP contribution in [0.2, 0.25) is 0 Å². The maximum atomic E-state index is 15.6. The Bertz CT molecular complexity index is 1510. The van der Waals surface area contributed by atoms with Gasteiger partial charge in [0.2, 0.25) is 0 Å². The van der Waals surface area contributed by atoms with Crippen LogP contribution in [-0.2, 0) is 9.59 Å². The van der Waals surface area contributed by atoms with Crippen LogP contribution in [0, 0.1) is 0 Å². The number of thiophene rings is 2. The van der Waals surface area contributed by atoms with Gasteiger partial charge in [-0.2, -0.15) is 0 Å². The van der Waals surface area contributed by atoms with Gasteiger partial charge in [-0.25, -0.2) is 0 Å².